The molecule has 1 aliphatic rings. The van der Waals surface area contributed by atoms with E-state index in [-0.39, 0.29) is 18.5 Å². The van der Waals surface area contributed by atoms with Crippen molar-refractivity contribution in [2.24, 2.45) is 0 Å². The van der Waals surface area contributed by atoms with Crippen molar-refractivity contribution in [3.05, 3.63) is 72.9 Å². The highest BCUT2D eigenvalue weighted by molar-refractivity contribution is 5.76. The largest absolute Gasteiger partial charge is 0.466 e. The van der Waals surface area contributed by atoms with Crippen molar-refractivity contribution in [1.82, 2.24) is 5.32 Å². The standard InChI is InChI=1S/C70H125NO10/c1-3-5-7-9-11-13-14-15-16-28-32-35-38-42-46-50-54-58-66(75)79-59-55-51-47-43-39-36-33-30-27-25-23-21-19-17-18-20-22-24-26-29-31-34-37-41-45-49-53-57-65(74)71-62(63(73)56-52-48-44-40-12-10-8-6-4-2)61-80-70-69(78)68(77)67(76)64(60-72)81-70/h4,6,12,15-18,21,23,40,52,56,62-64,67-70,72-73,76-78H,3,5,7-11,13-14,19-20,22,24-39,41-51,53-55,57-61H2,1-2H3,(H,71,74)/b6-4+,16-15-,18-17-,23-21-,40-12+,56-52+. The van der Waals surface area contributed by atoms with Crippen LogP contribution in [0.5, 0.6) is 0 Å². The molecule has 0 saturated carbocycles. The number of unbranched alkanes of at least 4 members (excludes halogenated alkanes) is 35. The molecule has 0 aromatic heterocycles. The molecule has 1 amide bonds. The van der Waals surface area contributed by atoms with Crippen LogP contribution in [-0.2, 0) is 23.8 Å². The van der Waals surface area contributed by atoms with Gasteiger partial charge in [-0.2, -0.15) is 0 Å². The van der Waals surface area contributed by atoms with Gasteiger partial charge in [0.05, 0.1) is 32.0 Å². The van der Waals surface area contributed by atoms with Crippen LogP contribution in [0.1, 0.15) is 296 Å². The van der Waals surface area contributed by atoms with E-state index in [0.717, 1.165) is 83.5 Å². The molecule has 1 fully saturated rings. The van der Waals surface area contributed by atoms with E-state index in [9.17, 15) is 35.1 Å². The van der Waals surface area contributed by atoms with Gasteiger partial charge in [0.2, 0.25) is 5.91 Å². The molecule has 1 aliphatic heterocycles. The third-order valence-electron chi connectivity index (χ3n) is 15.6. The van der Waals surface area contributed by atoms with E-state index >= 15 is 0 Å². The Labute approximate surface area is 496 Å². The molecule has 1 heterocycles. The van der Waals surface area contributed by atoms with Crippen molar-refractivity contribution in [2.75, 3.05) is 19.8 Å². The zero-order chi connectivity index (χ0) is 58.7. The van der Waals surface area contributed by atoms with Gasteiger partial charge in [-0.15, -0.1) is 0 Å². The predicted octanol–water partition coefficient (Wildman–Crippen LogP) is 16.7. The molecule has 81 heavy (non-hydrogen) atoms. The number of nitrogens with one attached hydrogen (secondary N) is 1. The van der Waals surface area contributed by atoms with Crippen LogP contribution in [-0.4, -0.2) is 100 Å². The highest BCUT2D eigenvalue weighted by atomic mass is 16.7. The average molecular weight is 1140 g/mol. The number of carbonyl (C=O) groups excluding carboxylic acids is 2. The van der Waals surface area contributed by atoms with E-state index in [1.165, 1.54) is 186 Å². The molecule has 0 aliphatic carbocycles. The van der Waals surface area contributed by atoms with Gasteiger partial charge < -0.3 is 45.1 Å². The first kappa shape index (κ1) is 76.1. The highest BCUT2D eigenvalue weighted by Gasteiger charge is 2.44. The van der Waals surface area contributed by atoms with Crippen molar-refractivity contribution in [3.63, 3.8) is 0 Å². The summed E-state index contributed by atoms with van der Waals surface area (Å²) in [5.41, 5.74) is 0. The fourth-order valence-electron chi connectivity index (χ4n) is 10.3. The summed E-state index contributed by atoms with van der Waals surface area (Å²) in [5.74, 6) is -0.207. The first-order valence-electron chi connectivity index (χ1n) is 33.7. The monoisotopic (exact) mass is 1140 g/mol. The third-order valence-corrected chi connectivity index (χ3v) is 15.6. The van der Waals surface area contributed by atoms with Crippen molar-refractivity contribution in [1.29, 1.82) is 0 Å². The topological polar surface area (TPSA) is 175 Å². The van der Waals surface area contributed by atoms with Gasteiger partial charge in [-0.3, -0.25) is 9.59 Å². The molecule has 6 N–H and O–H groups in total. The molecule has 0 aromatic rings. The molecule has 1 rings (SSSR count). The van der Waals surface area contributed by atoms with E-state index in [4.69, 9.17) is 14.2 Å². The van der Waals surface area contributed by atoms with Crippen LogP contribution in [0.4, 0.5) is 0 Å². The summed E-state index contributed by atoms with van der Waals surface area (Å²) in [6.45, 7) is 4.08. The molecule has 0 aromatic carbocycles. The van der Waals surface area contributed by atoms with E-state index in [0.29, 0.717) is 19.4 Å². The van der Waals surface area contributed by atoms with Crippen molar-refractivity contribution < 1.29 is 49.3 Å². The molecule has 11 nitrogen and oxygen atoms in total. The normalized spacial score (nSPS) is 18.7. The maximum atomic E-state index is 13.0. The zero-order valence-corrected chi connectivity index (χ0v) is 52.0. The van der Waals surface area contributed by atoms with Gasteiger partial charge in [-0.25, -0.2) is 0 Å². The maximum absolute atomic E-state index is 13.0. The number of hydrogen-bond acceptors (Lipinski definition) is 10. The Kier molecular flexibility index (Phi) is 55.3. The zero-order valence-electron chi connectivity index (χ0n) is 52.0. The molecule has 0 radical (unpaired) electrons. The van der Waals surface area contributed by atoms with Gasteiger partial charge in [0.25, 0.3) is 0 Å². The first-order valence-corrected chi connectivity index (χ1v) is 33.7. The highest BCUT2D eigenvalue weighted by Crippen LogP contribution is 2.23. The van der Waals surface area contributed by atoms with Crippen LogP contribution in [0.3, 0.4) is 0 Å². The second-order valence-corrected chi connectivity index (χ2v) is 23.2. The number of carbonyl (C=O) groups is 2. The van der Waals surface area contributed by atoms with Gasteiger partial charge in [-0.05, 0) is 110 Å². The second-order valence-electron chi connectivity index (χ2n) is 23.2. The van der Waals surface area contributed by atoms with Crippen LogP contribution in [0.2, 0.25) is 0 Å². The van der Waals surface area contributed by atoms with Gasteiger partial charge in [0.1, 0.15) is 24.4 Å². The molecule has 1 saturated heterocycles. The van der Waals surface area contributed by atoms with E-state index < -0.39 is 49.5 Å². The Morgan fingerprint density at radius 3 is 1.37 bits per heavy atom. The number of hydrogen-bond donors (Lipinski definition) is 6. The summed E-state index contributed by atoms with van der Waals surface area (Å²) in [6, 6.07) is -0.837. The number of ether oxygens (including phenoxy) is 3. The van der Waals surface area contributed by atoms with E-state index in [1.54, 1.807) is 6.08 Å². The summed E-state index contributed by atoms with van der Waals surface area (Å²) in [4.78, 5) is 25.1. The number of rotatable bonds is 58. The maximum Gasteiger partial charge on any atom is 0.305 e. The van der Waals surface area contributed by atoms with Gasteiger partial charge in [-0.1, -0.05) is 247 Å². The van der Waals surface area contributed by atoms with Gasteiger partial charge in [0.15, 0.2) is 6.29 Å². The summed E-state index contributed by atoms with van der Waals surface area (Å²) >= 11 is 0. The molecule has 0 spiro atoms. The number of aliphatic hydroxyl groups excluding tert-OH is 5. The Bertz CT molecular complexity index is 1580. The fraction of sp³-hybridized carbons (Fsp3) is 0.800. The minimum absolute atomic E-state index is 0.00348. The Hall–Kier alpha value is -2.90. The number of allylic oxidation sites excluding steroid dienone is 11. The average Bonchev–Trinajstić information content (AvgIpc) is 3.49. The number of aliphatic hydroxyl groups is 5. The summed E-state index contributed by atoms with van der Waals surface area (Å²) in [6.07, 6.45) is 69.2. The SMILES string of the molecule is C/C=C/CC/C=C/CC/C=C/C(O)C(COC1OC(CO)C(O)C(O)C1O)NC(=O)CCCCCCCCCCCCC/C=C\C/C=C\CCCCCCCCCCCOC(=O)CCCCCCCCC/C=C\CCCCCCCC. The molecular formula is C70H125NO10. The van der Waals surface area contributed by atoms with Crippen molar-refractivity contribution in [3.8, 4) is 0 Å². The summed E-state index contributed by atoms with van der Waals surface area (Å²) in [7, 11) is 0. The van der Waals surface area contributed by atoms with Gasteiger partial charge >= 0.3 is 5.97 Å². The Balaban J connectivity index is 1.96. The quantitative estimate of drug-likeness (QED) is 0.0195. The molecule has 0 bridgehead atoms. The molecule has 7 unspecified atom stereocenters. The lowest BCUT2D eigenvalue weighted by molar-refractivity contribution is -0.302. The molecular weight excluding hydrogens is 1010 g/mol. The van der Waals surface area contributed by atoms with Crippen molar-refractivity contribution in [2.45, 2.75) is 339 Å². The predicted molar refractivity (Wildman–Crippen MR) is 338 cm³/mol. The Morgan fingerprint density at radius 2 is 0.889 bits per heavy atom. The lowest BCUT2D eigenvalue weighted by atomic mass is 9.99. The summed E-state index contributed by atoms with van der Waals surface area (Å²) in [5, 5.41) is 54.2. The van der Waals surface area contributed by atoms with Crippen LogP contribution in [0, 0.1) is 0 Å². The lowest BCUT2D eigenvalue weighted by Crippen LogP contribution is -2.60. The van der Waals surface area contributed by atoms with Crippen LogP contribution >= 0.6 is 0 Å². The first-order chi connectivity index (χ1) is 39.7. The molecule has 7 atom stereocenters. The minimum Gasteiger partial charge on any atom is -0.466 e. The molecule has 470 valence electrons. The lowest BCUT2D eigenvalue weighted by Gasteiger charge is -2.40. The van der Waals surface area contributed by atoms with Crippen LogP contribution in [0.15, 0.2) is 72.9 Å². The fourth-order valence-corrected chi connectivity index (χ4v) is 10.3. The van der Waals surface area contributed by atoms with Gasteiger partial charge in [0, 0.05) is 12.8 Å². The second kappa shape index (κ2) is 58.9. The molecule has 11 heteroatoms. The third kappa shape index (κ3) is 48.1. The smallest absolute Gasteiger partial charge is 0.305 e. The van der Waals surface area contributed by atoms with E-state index in [1.807, 2.05) is 19.1 Å². The Morgan fingerprint density at radius 1 is 0.481 bits per heavy atom. The minimum atomic E-state index is -1.58. The number of esters is 1. The van der Waals surface area contributed by atoms with Crippen LogP contribution < -0.4 is 5.32 Å². The van der Waals surface area contributed by atoms with E-state index in [2.05, 4.69) is 66.9 Å². The van der Waals surface area contributed by atoms with Crippen LogP contribution in [0.25, 0.3) is 0 Å². The number of amides is 1. The van der Waals surface area contributed by atoms with Crippen molar-refractivity contribution >= 4 is 11.9 Å². The summed E-state index contributed by atoms with van der Waals surface area (Å²) < 4.78 is 16.7.